The maximum absolute atomic E-state index is 13.9. The zero-order chi connectivity index (χ0) is 22.5. The molecule has 2 heterocycles. The smallest absolute Gasteiger partial charge is 0.236 e. The van der Waals surface area contributed by atoms with E-state index in [1.165, 1.54) is 18.2 Å². The second-order valence-corrected chi connectivity index (χ2v) is 7.76. The Morgan fingerprint density at radius 3 is 2.78 bits per heavy atom. The third kappa shape index (κ3) is 5.15. The minimum absolute atomic E-state index is 0.0756. The molecule has 1 aromatic heterocycles. The Kier molecular flexibility index (Phi) is 6.82. The molecule has 32 heavy (non-hydrogen) atoms. The number of hydrogen-bond donors (Lipinski definition) is 0. The molecule has 1 aliphatic rings. The van der Waals surface area contributed by atoms with E-state index in [4.69, 9.17) is 4.74 Å². The molecule has 166 valence electrons. The van der Waals surface area contributed by atoms with Gasteiger partial charge in [0.15, 0.2) is 0 Å². The average molecular weight is 438 g/mol. The lowest BCUT2D eigenvalue weighted by Crippen LogP contribution is -2.46. The number of carbonyl (C=O) groups excluding carboxylic acids is 1. The van der Waals surface area contributed by atoms with E-state index in [1.807, 2.05) is 0 Å². The van der Waals surface area contributed by atoms with Gasteiger partial charge in [0.2, 0.25) is 5.91 Å². The number of hydrogen-bond acceptors (Lipinski definition) is 5. The highest BCUT2D eigenvalue weighted by atomic mass is 19.1. The molecule has 1 amide bonds. The van der Waals surface area contributed by atoms with Gasteiger partial charge in [0, 0.05) is 36.6 Å². The van der Waals surface area contributed by atoms with Crippen LogP contribution in [-0.2, 0) is 16.1 Å². The average Bonchev–Trinajstić information content (AvgIpc) is 2.80. The number of morpholine rings is 1. The van der Waals surface area contributed by atoms with E-state index in [0.29, 0.717) is 48.8 Å². The van der Waals surface area contributed by atoms with Crippen LogP contribution in [0.15, 0.2) is 60.9 Å². The number of nitrogens with zero attached hydrogens (tertiary/aromatic N) is 4. The van der Waals surface area contributed by atoms with E-state index in [-0.39, 0.29) is 24.1 Å². The van der Waals surface area contributed by atoms with Gasteiger partial charge in [-0.05, 0) is 25.2 Å². The molecule has 1 atom stereocenters. The number of likely N-dealkylation sites (N-methyl/N-ethyl adjacent to an activating group) is 1. The van der Waals surface area contributed by atoms with Crippen LogP contribution >= 0.6 is 0 Å². The highest BCUT2D eigenvalue weighted by Gasteiger charge is 2.29. The fraction of sp³-hybridized carbons (Fsp3) is 0.292. The second kappa shape index (κ2) is 9.93. The molecule has 8 heteroatoms. The molecule has 1 aliphatic heterocycles. The van der Waals surface area contributed by atoms with E-state index in [1.54, 1.807) is 59.6 Å². The summed E-state index contributed by atoms with van der Waals surface area (Å²) in [5, 5.41) is 0. The molecule has 0 aliphatic carbocycles. The van der Waals surface area contributed by atoms with Gasteiger partial charge in [0.05, 0.1) is 31.1 Å². The van der Waals surface area contributed by atoms with Crippen molar-refractivity contribution in [3.8, 4) is 11.3 Å². The summed E-state index contributed by atoms with van der Waals surface area (Å²) >= 11 is 0. The summed E-state index contributed by atoms with van der Waals surface area (Å²) in [6.07, 6.45) is 2.63. The number of ether oxygens (including phenoxy) is 1. The topological polar surface area (TPSA) is 58.6 Å². The molecule has 6 nitrogen and oxygen atoms in total. The zero-order valence-electron chi connectivity index (χ0n) is 17.7. The zero-order valence-corrected chi connectivity index (χ0v) is 17.7. The summed E-state index contributed by atoms with van der Waals surface area (Å²) in [7, 11) is 1.78. The predicted octanol–water partition coefficient (Wildman–Crippen LogP) is 3.45. The minimum Gasteiger partial charge on any atom is -0.368 e. The highest BCUT2D eigenvalue weighted by Crippen LogP contribution is 2.29. The summed E-state index contributed by atoms with van der Waals surface area (Å²) in [5.41, 5.74) is 2.24. The molecule has 0 N–H and O–H groups in total. The van der Waals surface area contributed by atoms with Crippen LogP contribution in [0.5, 0.6) is 0 Å². The van der Waals surface area contributed by atoms with Crippen molar-refractivity contribution in [2.75, 3.05) is 33.3 Å². The van der Waals surface area contributed by atoms with Crippen LogP contribution in [0.1, 0.15) is 17.4 Å². The number of rotatable bonds is 6. The maximum Gasteiger partial charge on any atom is 0.236 e. The number of aromatic nitrogens is 2. The minimum atomic E-state index is -0.475. The van der Waals surface area contributed by atoms with Crippen LogP contribution < -0.4 is 0 Å². The summed E-state index contributed by atoms with van der Waals surface area (Å²) in [5.74, 6) is -0.725. The van der Waals surface area contributed by atoms with Crippen molar-refractivity contribution in [3.05, 3.63) is 83.8 Å². The van der Waals surface area contributed by atoms with Crippen molar-refractivity contribution in [2.24, 2.45) is 0 Å². The molecule has 3 aromatic rings. The van der Waals surface area contributed by atoms with Crippen LogP contribution in [0, 0.1) is 11.6 Å². The largest absolute Gasteiger partial charge is 0.368 e. The first-order valence-electron chi connectivity index (χ1n) is 10.4. The monoisotopic (exact) mass is 438 g/mol. The van der Waals surface area contributed by atoms with Crippen molar-refractivity contribution in [3.63, 3.8) is 0 Å². The van der Waals surface area contributed by atoms with Gasteiger partial charge in [-0.3, -0.25) is 19.7 Å². The van der Waals surface area contributed by atoms with Crippen LogP contribution in [-0.4, -0.2) is 59.0 Å². The van der Waals surface area contributed by atoms with Crippen molar-refractivity contribution in [1.82, 2.24) is 19.8 Å². The Hall–Kier alpha value is -3.23. The first-order valence-corrected chi connectivity index (χ1v) is 10.4. The van der Waals surface area contributed by atoms with Crippen LogP contribution in [0.25, 0.3) is 11.3 Å². The predicted molar refractivity (Wildman–Crippen MR) is 115 cm³/mol. The molecule has 0 saturated carbocycles. The number of amides is 1. The Morgan fingerprint density at radius 1 is 1.16 bits per heavy atom. The van der Waals surface area contributed by atoms with Crippen molar-refractivity contribution in [1.29, 1.82) is 0 Å². The number of halogens is 2. The standard InChI is InChI=1S/C24H24F2N4O2/c1-29(14-18-5-2-3-8-20(18)26)16-22(31)30-11-12-32-21(15-30)24-23(27-9-10-28-24)17-6-4-7-19(25)13-17/h2-10,13,21H,11-12,14-16H2,1H3. The van der Waals surface area contributed by atoms with E-state index < -0.39 is 6.10 Å². The van der Waals surface area contributed by atoms with Crippen molar-refractivity contribution in [2.45, 2.75) is 12.6 Å². The Balaban J connectivity index is 1.45. The molecular formula is C24H24F2N4O2. The van der Waals surface area contributed by atoms with E-state index in [9.17, 15) is 13.6 Å². The van der Waals surface area contributed by atoms with Crippen LogP contribution in [0.4, 0.5) is 8.78 Å². The lowest BCUT2D eigenvalue weighted by molar-refractivity contribution is -0.140. The Labute approximate surface area is 185 Å². The van der Waals surface area contributed by atoms with Gasteiger partial charge in [-0.25, -0.2) is 8.78 Å². The summed E-state index contributed by atoms with van der Waals surface area (Å²) < 4.78 is 33.5. The Bertz CT molecular complexity index is 1090. The van der Waals surface area contributed by atoms with E-state index >= 15 is 0 Å². The van der Waals surface area contributed by atoms with Gasteiger partial charge >= 0.3 is 0 Å². The third-order valence-corrected chi connectivity index (χ3v) is 5.35. The van der Waals surface area contributed by atoms with E-state index in [2.05, 4.69) is 9.97 Å². The normalized spacial score (nSPS) is 16.4. The lowest BCUT2D eigenvalue weighted by Gasteiger charge is -2.34. The molecule has 2 aromatic carbocycles. The third-order valence-electron chi connectivity index (χ3n) is 5.35. The molecule has 0 radical (unpaired) electrons. The number of benzene rings is 2. The molecular weight excluding hydrogens is 414 g/mol. The van der Waals surface area contributed by atoms with Gasteiger partial charge in [-0.2, -0.15) is 0 Å². The van der Waals surface area contributed by atoms with Crippen molar-refractivity contribution < 1.29 is 18.3 Å². The molecule has 1 fully saturated rings. The fourth-order valence-corrected chi connectivity index (χ4v) is 3.79. The molecule has 4 rings (SSSR count). The first-order chi connectivity index (χ1) is 15.5. The highest BCUT2D eigenvalue weighted by molar-refractivity contribution is 5.78. The number of carbonyl (C=O) groups is 1. The lowest BCUT2D eigenvalue weighted by atomic mass is 10.0. The van der Waals surface area contributed by atoms with Gasteiger partial charge in [0.1, 0.15) is 17.7 Å². The molecule has 0 bridgehead atoms. The maximum atomic E-state index is 13.9. The van der Waals surface area contributed by atoms with Crippen molar-refractivity contribution >= 4 is 5.91 Å². The second-order valence-electron chi connectivity index (χ2n) is 7.76. The SMILES string of the molecule is CN(CC(=O)N1CCOC(c2nccnc2-c2cccc(F)c2)C1)Cc1ccccc1F. The van der Waals surface area contributed by atoms with Gasteiger partial charge in [0.25, 0.3) is 0 Å². The summed E-state index contributed by atoms with van der Waals surface area (Å²) in [6, 6.07) is 12.7. The van der Waals surface area contributed by atoms with Gasteiger partial charge in [-0.15, -0.1) is 0 Å². The van der Waals surface area contributed by atoms with Crippen LogP contribution in [0.3, 0.4) is 0 Å². The summed E-state index contributed by atoms with van der Waals surface area (Å²) in [6.45, 7) is 1.61. The van der Waals surface area contributed by atoms with Crippen LogP contribution in [0.2, 0.25) is 0 Å². The fourth-order valence-electron chi connectivity index (χ4n) is 3.79. The molecule has 1 saturated heterocycles. The van der Waals surface area contributed by atoms with Gasteiger partial charge in [-0.1, -0.05) is 30.3 Å². The first kappa shape index (κ1) is 22.0. The molecule has 0 spiro atoms. The quantitative estimate of drug-likeness (QED) is 0.590. The van der Waals surface area contributed by atoms with Gasteiger partial charge < -0.3 is 9.64 Å². The molecule has 1 unspecified atom stereocenters. The summed E-state index contributed by atoms with van der Waals surface area (Å²) in [4.78, 5) is 25.2. The Morgan fingerprint density at radius 2 is 1.97 bits per heavy atom. The van der Waals surface area contributed by atoms with E-state index in [0.717, 1.165) is 0 Å².